The van der Waals surface area contributed by atoms with E-state index >= 15 is 0 Å². The van der Waals surface area contributed by atoms with Gasteiger partial charge in [0, 0.05) is 24.4 Å². The van der Waals surface area contributed by atoms with E-state index in [1.807, 2.05) is 12.1 Å². The smallest absolute Gasteiger partial charge is 0.238 e. The van der Waals surface area contributed by atoms with Crippen molar-refractivity contribution in [3.8, 4) is 0 Å². The maximum absolute atomic E-state index is 12.6. The van der Waals surface area contributed by atoms with E-state index in [2.05, 4.69) is 68.4 Å². The number of nitrogens with one attached hydrogen (secondary N) is 1. The van der Waals surface area contributed by atoms with Gasteiger partial charge in [-0.15, -0.1) is 10.2 Å². The molecule has 2 aliphatic rings. The molecular weight excluding hydrogens is 430 g/mol. The van der Waals surface area contributed by atoms with Crippen LogP contribution in [0.2, 0.25) is 0 Å². The number of thioether (sulfide) groups is 1. The molecule has 1 saturated heterocycles. The monoisotopic (exact) mass is 461 g/mol. The number of carbonyl (C=O) groups is 1. The van der Waals surface area contributed by atoms with Gasteiger partial charge < -0.3 is 9.88 Å². The van der Waals surface area contributed by atoms with Gasteiger partial charge in [-0.05, 0) is 74.0 Å². The molecule has 5 rings (SSSR count). The summed E-state index contributed by atoms with van der Waals surface area (Å²) < 4.78 is 2.15. The quantitative estimate of drug-likeness (QED) is 0.528. The molecule has 2 heterocycles. The number of hydrogen-bond donors (Lipinski definition) is 1. The van der Waals surface area contributed by atoms with Crippen LogP contribution in [0.25, 0.3) is 0 Å². The van der Waals surface area contributed by atoms with Crippen LogP contribution < -0.4 is 5.32 Å². The number of amides is 1. The number of benzene rings is 2. The van der Waals surface area contributed by atoms with Gasteiger partial charge in [0.25, 0.3) is 0 Å². The first kappa shape index (κ1) is 22.2. The first-order chi connectivity index (χ1) is 16.2. The molecule has 0 unspecified atom stereocenters. The summed E-state index contributed by atoms with van der Waals surface area (Å²) in [6, 6.07) is 16.8. The third-order valence-corrected chi connectivity index (χ3v) is 7.87. The molecule has 0 bridgehead atoms. The second kappa shape index (κ2) is 10.1. The molecule has 0 saturated carbocycles. The highest BCUT2D eigenvalue weighted by molar-refractivity contribution is 7.98. The van der Waals surface area contributed by atoms with Crippen molar-refractivity contribution < 1.29 is 4.79 Å². The van der Waals surface area contributed by atoms with Gasteiger partial charge in [-0.25, -0.2) is 0 Å². The SMILES string of the molecule is Cn1c(SCc2ccccc2)nnc1C1CCN(CC(=O)Nc2ccc3c(c2)CCC3)CC1. The van der Waals surface area contributed by atoms with Crippen molar-refractivity contribution in [1.29, 1.82) is 0 Å². The van der Waals surface area contributed by atoms with Crippen molar-refractivity contribution in [3.63, 3.8) is 0 Å². The second-order valence-electron chi connectivity index (χ2n) is 9.11. The second-order valence-corrected chi connectivity index (χ2v) is 10.1. The number of hydrogen-bond acceptors (Lipinski definition) is 5. The molecule has 7 heteroatoms. The summed E-state index contributed by atoms with van der Waals surface area (Å²) in [4.78, 5) is 14.8. The minimum atomic E-state index is 0.0738. The Balaban J connectivity index is 1.10. The van der Waals surface area contributed by atoms with Gasteiger partial charge in [0.1, 0.15) is 5.82 Å². The Morgan fingerprint density at radius 2 is 1.85 bits per heavy atom. The van der Waals surface area contributed by atoms with Crippen molar-refractivity contribution in [2.75, 3.05) is 25.0 Å². The van der Waals surface area contributed by atoms with Crippen molar-refractivity contribution in [2.45, 2.75) is 48.9 Å². The lowest BCUT2D eigenvalue weighted by molar-refractivity contribution is -0.117. The number of aryl methyl sites for hydroxylation is 2. The molecular formula is C26H31N5OS. The van der Waals surface area contributed by atoms with E-state index < -0.39 is 0 Å². The fourth-order valence-electron chi connectivity index (χ4n) is 4.93. The zero-order valence-electron chi connectivity index (χ0n) is 19.2. The number of aromatic nitrogens is 3. The van der Waals surface area contributed by atoms with Crippen molar-refractivity contribution in [2.24, 2.45) is 7.05 Å². The molecule has 1 aliphatic heterocycles. The lowest BCUT2D eigenvalue weighted by atomic mass is 9.96. The highest BCUT2D eigenvalue weighted by Crippen LogP contribution is 2.30. The van der Waals surface area contributed by atoms with E-state index in [9.17, 15) is 4.79 Å². The summed E-state index contributed by atoms with van der Waals surface area (Å²) in [6.45, 7) is 2.25. The first-order valence-corrected chi connectivity index (χ1v) is 12.8. The van der Waals surface area contributed by atoms with Crippen LogP contribution >= 0.6 is 11.8 Å². The van der Waals surface area contributed by atoms with Gasteiger partial charge in [-0.1, -0.05) is 48.2 Å². The number of piperidine rings is 1. The van der Waals surface area contributed by atoms with Crippen LogP contribution in [0.1, 0.15) is 47.7 Å². The fourth-order valence-corrected chi connectivity index (χ4v) is 5.81. The maximum Gasteiger partial charge on any atom is 0.238 e. The van der Waals surface area contributed by atoms with Crippen LogP contribution in [0.15, 0.2) is 53.7 Å². The van der Waals surface area contributed by atoms with Crippen molar-refractivity contribution in [3.05, 3.63) is 71.0 Å². The predicted octanol–water partition coefficient (Wildman–Crippen LogP) is 4.41. The minimum Gasteiger partial charge on any atom is -0.325 e. The number of carbonyl (C=O) groups excluding carboxylic acids is 1. The Hall–Kier alpha value is -2.64. The summed E-state index contributed by atoms with van der Waals surface area (Å²) in [5, 5.41) is 13.0. The molecule has 33 heavy (non-hydrogen) atoms. The molecule has 2 aromatic carbocycles. The molecule has 6 nitrogen and oxygen atoms in total. The van der Waals surface area contributed by atoms with Crippen LogP contribution in [-0.2, 0) is 30.4 Å². The molecule has 1 aromatic heterocycles. The van der Waals surface area contributed by atoms with Crippen LogP contribution in [0.5, 0.6) is 0 Å². The Labute approximate surface area is 199 Å². The van der Waals surface area contributed by atoms with Crippen molar-refractivity contribution >= 4 is 23.4 Å². The molecule has 1 N–H and O–H groups in total. The number of nitrogens with zero attached hydrogens (tertiary/aromatic N) is 4. The van der Waals surface area contributed by atoms with E-state index in [0.717, 1.165) is 61.2 Å². The molecule has 3 aromatic rings. The maximum atomic E-state index is 12.6. The van der Waals surface area contributed by atoms with Crippen molar-refractivity contribution in [1.82, 2.24) is 19.7 Å². The van der Waals surface area contributed by atoms with E-state index in [1.54, 1.807) is 11.8 Å². The highest BCUT2D eigenvalue weighted by Gasteiger charge is 2.26. The fraction of sp³-hybridized carbons (Fsp3) is 0.423. The number of fused-ring (bicyclic) bond motifs is 1. The Bertz CT molecular complexity index is 1110. The molecule has 0 spiro atoms. The first-order valence-electron chi connectivity index (χ1n) is 11.9. The normalized spacial score (nSPS) is 16.6. The van der Waals surface area contributed by atoms with E-state index in [0.29, 0.717) is 12.5 Å². The Morgan fingerprint density at radius 1 is 1.06 bits per heavy atom. The number of likely N-dealkylation sites (tertiary alicyclic amines) is 1. The van der Waals surface area contributed by atoms with E-state index in [-0.39, 0.29) is 5.91 Å². The molecule has 1 fully saturated rings. The molecule has 172 valence electrons. The van der Waals surface area contributed by atoms with E-state index in [1.165, 1.54) is 23.1 Å². The molecule has 0 atom stereocenters. The topological polar surface area (TPSA) is 63.1 Å². The number of anilines is 1. The van der Waals surface area contributed by atoms with Crippen LogP contribution in [0.3, 0.4) is 0 Å². The van der Waals surface area contributed by atoms with Crippen LogP contribution in [-0.4, -0.2) is 45.2 Å². The third kappa shape index (κ3) is 5.31. The summed E-state index contributed by atoms with van der Waals surface area (Å²) in [6.07, 6.45) is 5.52. The van der Waals surface area contributed by atoms with Gasteiger partial charge in [0.15, 0.2) is 5.16 Å². The average molecular weight is 462 g/mol. The summed E-state index contributed by atoms with van der Waals surface area (Å²) in [5.74, 6) is 2.42. The summed E-state index contributed by atoms with van der Waals surface area (Å²) in [7, 11) is 2.07. The standard InChI is InChI=1S/C26H31N5OS/c1-30-25(28-29-26(30)33-18-19-6-3-2-4-7-19)21-12-14-31(15-13-21)17-24(32)27-23-11-10-20-8-5-9-22(20)16-23/h2-4,6-7,10-11,16,21H,5,8-9,12-15,17-18H2,1H3,(H,27,32). The molecule has 1 amide bonds. The summed E-state index contributed by atoms with van der Waals surface area (Å²) in [5.41, 5.74) is 5.03. The molecule has 1 aliphatic carbocycles. The van der Waals surface area contributed by atoms with E-state index in [4.69, 9.17) is 0 Å². The lowest BCUT2D eigenvalue weighted by Crippen LogP contribution is -2.39. The van der Waals surface area contributed by atoms with Gasteiger partial charge in [-0.3, -0.25) is 9.69 Å². The van der Waals surface area contributed by atoms with Gasteiger partial charge in [0.05, 0.1) is 6.54 Å². The number of rotatable bonds is 7. The zero-order valence-corrected chi connectivity index (χ0v) is 20.0. The lowest BCUT2D eigenvalue weighted by Gasteiger charge is -2.30. The van der Waals surface area contributed by atoms with Gasteiger partial charge >= 0.3 is 0 Å². The van der Waals surface area contributed by atoms with Gasteiger partial charge in [-0.2, -0.15) is 0 Å². The summed E-state index contributed by atoms with van der Waals surface area (Å²) >= 11 is 1.73. The predicted molar refractivity (Wildman–Crippen MR) is 133 cm³/mol. The minimum absolute atomic E-state index is 0.0738. The van der Waals surface area contributed by atoms with Gasteiger partial charge in [0.2, 0.25) is 5.91 Å². The Kier molecular flexibility index (Phi) is 6.78. The third-order valence-electron chi connectivity index (χ3n) is 6.78. The highest BCUT2D eigenvalue weighted by atomic mass is 32.2. The molecule has 0 radical (unpaired) electrons. The van der Waals surface area contributed by atoms with Crippen LogP contribution in [0, 0.1) is 0 Å². The Morgan fingerprint density at radius 3 is 2.67 bits per heavy atom. The average Bonchev–Trinajstić information content (AvgIpc) is 3.45. The largest absolute Gasteiger partial charge is 0.325 e. The van der Waals surface area contributed by atoms with Crippen LogP contribution in [0.4, 0.5) is 5.69 Å². The zero-order chi connectivity index (χ0) is 22.6.